The number of aromatic amines is 1. The number of quaternary nitrogens is 1. The molecule has 0 spiro atoms. The number of rotatable bonds is 5. The predicted octanol–water partition coefficient (Wildman–Crippen LogP) is 2.68. The molecule has 1 atom stereocenters. The van der Waals surface area contributed by atoms with Crippen molar-refractivity contribution in [2.45, 2.75) is 20.4 Å². The summed E-state index contributed by atoms with van der Waals surface area (Å²) in [6, 6.07) is 16.5. The second-order valence-electron chi connectivity index (χ2n) is 6.39. The van der Waals surface area contributed by atoms with Gasteiger partial charge in [-0.3, -0.25) is 4.79 Å². The molecule has 0 aliphatic carbocycles. The smallest absolute Gasteiger partial charge is 0.219 e. The van der Waals surface area contributed by atoms with Crippen LogP contribution in [0.5, 0.6) is 0 Å². The first kappa shape index (κ1) is 15.5. The number of carbonyl (C=O) groups is 1. The first-order valence-electron chi connectivity index (χ1n) is 8.02. The molecule has 0 aliphatic rings. The lowest BCUT2D eigenvalue weighted by Crippen LogP contribution is -3.08. The second kappa shape index (κ2) is 6.39. The van der Waals surface area contributed by atoms with Crippen LogP contribution < -0.4 is 4.90 Å². The lowest BCUT2D eigenvalue weighted by atomic mass is 10.1. The summed E-state index contributed by atoms with van der Waals surface area (Å²) >= 11 is 0. The van der Waals surface area contributed by atoms with Crippen LogP contribution >= 0.6 is 0 Å². The van der Waals surface area contributed by atoms with E-state index in [1.165, 1.54) is 16.0 Å². The van der Waals surface area contributed by atoms with Gasteiger partial charge in [0.2, 0.25) is 5.78 Å². The van der Waals surface area contributed by atoms with Gasteiger partial charge in [0.1, 0.15) is 13.1 Å². The van der Waals surface area contributed by atoms with E-state index in [1.807, 2.05) is 31.2 Å². The van der Waals surface area contributed by atoms with Crippen LogP contribution in [-0.2, 0) is 6.54 Å². The van der Waals surface area contributed by atoms with E-state index in [9.17, 15) is 4.79 Å². The Labute approximate surface area is 136 Å². The first-order chi connectivity index (χ1) is 11.0. The van der Waals surface area contributed by atoms with Crippen molar-refractivity contribution >= 4 is 16.7 Å². The Kier molecular flexibility index (Phi) is 4.30. The minimum absolute atomic E-state index is 0.199. The molecular formula is C20H23N2O+. The molecule has 3 heteroatoms. The van der Waals surface area contributed by atoms with Crippen LogP contribution in [0.4, 0.5) is 0 Å². The number of hydrogen-bond acceptors (Lipinski definition) is 1. The minimum atomic E-state index is 0.199. The highest BCUT2D eigenvalue weighted by molar-refractivity contribution is 6.09. The van der Waals surface area contributed by atoms with Crippen molar-refractivity contribution in [3.63, 3.8) is 0 Å². The van der Waals surface area contributed by atoms with Gasteiger partial charge in [-0.2, -0.15) is 0 Å². The van der Waals surface area contributed by atoms with Crippen molar-refractivity contribution in [1.82, 2.24) is 4.98 Å². The molecule has 0 fully saturated rings. The fraction of sp³-hybridized carbons (Fsp3) is 0.250. The van der Waals surface area contributed by atoms with Crippen molar-refractivity contribution < 1.29 is 9.69 Å². The summed E-state index contributed by atoms with van der Waals surface area (Å²) in [6.07, 6.45) is 0. The Balaban J connectivity index is 1.75. The maximum absolute atomic E-state index is 12.8. The largest absolute Gasteiger partial charge is 0.358 e. The number of ketones is 1. The van der Waals surface area contributed by atoms with Gasteiger partial charge in [-0.1, -0.05) is 48.0 Å². The highest BCUT2D eigenvalue weighted by Gasteiger charge is 2.19. The number of nitrogens with one attached hydrogen (secondary N) is 2. The van der Waals surface area contributed by atoms with E-state index in [2.05, 4.69) is 43.2 Å². The van der Waals surface area contributed by atoms with Gasteiger partial charge in [-0.25, -0.2) is 0 Å². The van der Waals surface area contributed by atoms with Crippen molar-refractivity contribution in [3.05, 3.63) is 70.9 Å². The Morgan fingerprint density at radius 1 is 1.04 bits per heavy atom. The van der Waals surface area contributed by atoms with Gasteiger partial charge in [0.25, 0.3) is 0 Å². The van der Waals surface area contributed by atoms with Crippen LogP contribution in [0, 0.1) is 13.8 Å². The summed E-state index contributed by atoms with van der Waals surface area (Å²) in [6.45, 7) is 5.41. The maximum Gasteiger partial charge on any atom is 0.219 e. The van der Waals surface area contributed by atoms with E-state index in [0.29, 0.717) is 6.54 Å². The SMILES string of the molecule is Cc1ccc(C[NH+](C)CC(=O)c2c(C)[nH]c3ccccc23)cc1. The highest BCUT2D eigenvalue weighted by atomic mass is 16.1. The van der Waals surface area contributed by atoms with Crippen LogP contribution in [0.3, 0.4) is 0 Å². The van der Waals surface area contributed by atoms with Gasteiger partial charge >= 0.3 is 0 Å². The Morgan fingerprint density at radius 3 is 2.48 bits per heavy atom. The van der Waals surface area contributed by atoms with Crippen LogP contribution in [0.15, 0.2) is 48.5 Å². The zero-order valence-electron chi connectivity index (χ0n) is 13.9. The van der Waals surface area contributed by atoms with Crippen LogP contribution in [0.2, 0.25) is 0 Å². The summed E-state index contributed by atoms with van der Waals surface area (Å²) in [5.41, 5.74) is 5.35. The van der Waals surface area contributed by atoms with Gasteiger partial charge in [0.15, 0.2) is 0 Å². The van der Waals surface area contributed by atoms with E-state index in [0.717, 1.165) is 28.7 Å². The molecule has 2 aromatic carbocycles. The monoisotopic (exact) mass is 307 g/mol. The predicted molar refractivity (Wildman–Crippen MR) is 94.0 cm³/mol. The van der Waals surface area contributed by atoms with E-state index >= 15 is 0 Å². The molecule has 0 saturated heterocycles. The molecule has 3 aromatic rings. The number of carbonyl (C=O) groups excluding carboxylic acids is 1. The van der Waals surface area contributed by atoms with Gasteiger partial charge in [0, 0.05) is 22.2 Å². The third-order valence-corrected chi connectivity index (χ3v) is 4.26. The normalized spacial score (nSPS) is 12.5. The van der Waals surface area contributed by atoms with E-state index in [1.54, 1.807) is 0 Å². The number of H-pyrrole nitrogens is 1. The molecule has 2 N–H and O–H groups in total. The topological polar surface area (TPSA) is 37.3 Å². The van der Waals surface area contributed by atoms with Gasteiger partial charge < -0.3 is 9.88 Å². The standard InChI is InChI=1S/C20H22N2O/c1-14-8-10-16(11-9-14)12-22(3)13-19(23)20-15(2)21-18-7-5-4-6-17(18)20/h4-11,21H,12-13H2,1-3H3/p+1. The average Bonchev–Trinajstić information content (AvgIpc) is 2.85. The fourth-order valence-electron chi connectivity index (χ4n) is 3.12. The van der Waals surface area contributed by atoms with Crippen molar-refractivity contribution in [2.24, 2.45) is 0 Å². The number of fused-ring (bicyclic) bond motifs is 1. The summed E-state index contributed by atoms with van der Waals surface area (Å²) in [5.74, 6) is 0.199. The van der Waals surface area contributed by atoms with Crippen molar-refractivity contribution in [1.29, 1.82) is 0 Å². The molecule has 3 nitrogen and oxygen atoms in total. The fourth-order valence-corrected chi connectivity index (χ4v) is 3.12. The number of para-hydroxylation sites is 1. The minimum Gasteiger partial charge on any atom is -0.358 e. The van der Waals surface area contributed by atoms with E-state index in [-0.39, 0.29) is 5.78 Å². The zero-order valence-corrected chi connectivity index (χ0v) is 13.9. The molecule has 1 unspecified atom stereocenters. The number of hydrogen-bond donors (Lipinski definition) is 2. The molecule has 118 valence electrons. The summed E-state index contributed by atoms with van der Waals surface area (Å²) < 4.78 is 0. The van der Waals surface area contributed by atoms with Gasteiger partial charge in [-0.15, -0.1) is 0 Å². The lowest BCUT2D eigenvalue weighted by molar-refractivity contribution is -0.884. The third-order valence-electron chi connectivity index (χ3n) is 4.26. The molecule has 0 saturated carbocycles. The quantitative estimate of drug-likeness (QED) is 0.699. The number of likely N-dealkylation sites (N-methyl/N-ethyl adjacent to an activating group) is 1. The molecule has 0 amide bonds. The molecule has 0 aliphatic heterocycles. The van der Waals surface area contributed by atoms with Crippen LogP contribution in [0.25, 0.3) is 10.9 Å². The maximum atomic E-state index is 12.8. The highest BCUT2D eigenvalue weighted by Crippen LogP contribution is 2.21. The number of aromatic nitrogens is 1. The molecule has 23 heavy (non-hydrogen) atoms. The molecule has 1 heterocycles. The lowest BCUT2D eigenvalue weighted by Gasteiger charge is -2.13. The third kappa shape index (κ3) is 3.35. The Hall–Kier alpha value is -2.39. The number of aryl methyl sites for hydroxylation is 2. The average molecular weight is 307 g/mol. The molecular weight excluding hydrogens is 284 g/mol. The molecule has 0 bridgehead atoms. The summed E-state index contributed by atoms with van der Waals surface area (Å²) in [5, 5.41) is 1.03. The molecule has 3 rings (SSSR count). The number of benzene rings is 2. The first-order valence-corrected chi connectivity index (χ1v) is 8.02. The van der Waals surface area contributed by atoms with E-state index < -0.39 is 0 Å². The second-order valence-corrected chi connectivity index (χ2v) is 6.39. The zero-order chi connectivity index (χ0) is 16.4. The Bertz CT molecular complexity index is 830. The van der Waals surface area contributed by atoms with Crippen molar-refractivity contribution in [2.75, 3.05) is 13.6 Å². The van der Waals surface area contributed by atoms with Crippen LogP contribution in [-0.4, -0.2) is 24.4 Å². The van der Waals surface area contributed by atoms with Crippen molar-refractivity contribution in [3.8, 4) is 0 Å². The van der Waals surface area contributed by atoms with Gasteiger partial charge in [0.05, 0.1) is 12.6 Å². The van der Waals surface area contributed by atoms with Crippen LogP contribution in [0.1, 0.15) is 27.2 Å². The Morgan fingerprint density at radius 2 is 1.74 bits per heavy atom. The number of Topliss-reactive ketones (excluding diaryl/α,β-unsaturated/α-hetero) is 1. The van der Waals surface area contributed by atoms with E-state index in [4.69, 9.17) is 0 Å². The molecule has 0 radical (unpaired) electrons. The summed E-state index contributed by atoms with van der Waals surface area (Å²) in [4.78, 5) is 17.3. The van der Waals surface area contributed by atoms with Gasteiger partial charge in [-0.05, 0) is 19.9 Å². The molecule has 1 aromatic heterocycles. The summed E-state index contributed by atoms with van der Waals surface area (Å²) in [7, 11) is 2.07.